The van der Waals surface area contributed by atoms with Crippen molar-refractivity contribution in [2.24, 2.45) is 0 Å². The molecule has 2 aromatic carbocycles. The number of rotatable bonds is 7. The van der Waals surface area contributed by atoms with Crippen molar-refractivity contribution in [2.45, 2.75) is 11.4 Å². The molecule has 0 atom stereocenters. The normalized spacial score (nSPS) is 15.2. The second kappa shape index (κ2) is 9.64. The van der Waals surface area contributed by atoms with E-state index in [-0.39, 0.29) is 47.0 Å². The van der Waals surface area contributed by atoms with E-state index in [1.54, 1.807) is 12.1 Å². The van der Waals surface area contributed by atoms with Gasteiger partial charge in [-0.25, -0.2) is 12.8 Å². The Hall–Kier alpha value is -2.04. The molecule has 3 rings (SSSR count). The molecule has 1 saturated heterocycles. The van der Waals surface area contributed by atoms with Crippen LogP contribution in [0.2, 0.25) is 5.02 Å². The van der Waals surface area contributed by atoms with Gasteiger partial charge in [0.1, 0.15) is 5.82 Å². The molecule has 156 valence electrons. The van der Waals surface area contributed by atoms with Crippen molar-refractivity contribution in [3.63, 3.8) is 0 Å². The Kier molecular flexibility index (Phi) is 7.20. The Labute approximate surface area is 173 Å². The van der Waals surface area contributed by atoms with Crippen LogP contribution in [0.1, 0.15) is 5.56 Å². The second-order valence-corrected chi connectivity index (χ2v) is 8.78. The molecule has 0 aliphatic carbocycles. The molecule has 0 bridgehead atoms. The Bertz CT molecular complexity index is 964. The summed E-state index contributed by atoms with van der Waals surface area (Å²) in [5.41, 5.74) is 1.05. The lowest BCUT2D eigenvalue weighted by Crippen LogP contribution is -2.40. The van der Waals surface area contributed by atoms with E-state index in [1.165, 1.54) is 34.6 Å². The van der Waals surface area contributed by atoms with Crippen molar-refractivity contribution in [3.05, 3.63) is 58.9 Å². The summed E-state index contributed by atoms with van der Waals surface area (Å²) in [5.74, 6) is -0.706. The number of anilines is 1. The molecule has 7 nitrogen and oxygen atoms in total. The van der Waals surface area contributed by atoms with Crippen LogP contribution < -0.4 is 10.6 Å². The van der Waals surface area contributed by atoms with E-state index < -0.39 is 10.0 Å². The van der Waals surface area contributed by atoms with E-state index in [4.69, 9.17) is 16.3 Å². The predicted molar refractivity (Wildman–Crippen MR) is 108 cm³/mol. The van der Waals surface area contributed by atoms with E-state index in [9.17, 15) is 17.6 Å². The van der Waals surface area contributed by atoms with Crippen molar-refractivity contribution < 1.29 is 22.3 Å². The van der Waals surface area contributed by atoms with E-state index in [1.807, 2.05) is 0 Å². The minimum atomic E-state index is -3.70. The van der Waals surface area contributed by atoms with Gasteiger partial charge >= 0.3 is 0 Å². The van der Waals surface area contributed by atoms with Gasteiger partial charge in [-0.05, 0) is 35.9 Å². The lowest BCUT2D eigenvalue weighted by Gasteiger charge is -2.26. The molecule has 0 saturated carbocycles. The summed E-state index contributed by atoms with van der Waals surface area (Å²) in [6, 6.07) is 10.1. The van der Waals surface area contributed by atoms with Crippen molar-refractivity contribution >= 4 is 33.2 Å². The highest BCUT2D eigenvalue weighted by atomic mass is 35.5. The van der Waals surface area contributed by atoms with Gasteiger partial charge in [0.05, 0.1) is 35.4 Å². The molecule has 1 fully saturated rings. The number of carbonyl (C=O) groups is 1. The number of carbonyl (C=O) groups excluding carboxylic acids is 1. The molecule has 1 amide bonds. The van der Waals surface area contributed by atoms with Gasteiger partial charge in [0.2, 0.25) is 15.9 Å². The number of sulfonamides is 1. The minimum absolute atomic E-state index is 0.0197. The highest BCUT2D eigenvalue weighted by molar-refractivity contribution is 7.89. The Morgan fingerprint density at radius 2 is 1.83 bits per heavy atom. The first-order chi connectivity index (χ1) is 13.9. The first kappa shape index (κ1) is 21.7. The summed E-state index contributed by atoms with van der Waals surface area (Å²) in [4.78, 5) is 12.3. The SMILES string of the molecule is O=C(CNCc1ccc(F)cc1)Nc1cc(S(=O)(=O)N2CCOCC2)ccc1Cl. The maximum Gasteiger partial charge on any atom is 0.243 e. The van der Waals surface area contributed by atoms with Crippen LogP contribution >= 0.6 is 11.6 Å². The van der Waals surface area contributed by atoms with Gasteiger partial charge in [0.15, 0.2) is 0 Å². The Balaban J connectivity index is 1.61. The van der Waals surface area contributed by atoms with Crippen LogP contribution in [0.15, 0.2) is 47.4 Å². The first-order valence-corrected chi connectivity index (χ1v) is 10.8. The van der Waals surface area contributed by atoms with Gasteiger partial charge in [0.25, 0.3) is 0 Å². The van der Waals surface area contributed by atoms with Crippen LogP contribution in [-0.4, -0.2) is 51.5 Å². The zero-order valence-corrected chi connectivity index (χ0v) is 17.1. The first-order valence-electron chi connectivity index (χ1n) is 8.99. The summed E-state index contributed by atoms with van der Waals surface area (Å²) in [5, 5.41) is 5.79. The van der Waals surface area contributed by atoms with Gasteiger partial charge in [-0.1, -0.05) is 23.7 Å². The van der Waals surface area contributed by atoms with Crippen LogP contribution in [0.3, 0.4) is 0 Å². The van der Waals surface area contributed by atoms with E-state index >= 15 is 0 Å². The average molecular weight is 442 g/mol. The van der Waals surface area contributed by atoms with Crippen LogP contribution in [0, 0.1) is 5.82 Å². The zero-order chi connectivity index (χ0) is 20.9. The highest BCUT2D eigenvalue weighted by Crippen LogP contribution is 2.27. The molecule has 1 aliphatic rings. The summed E-state index contributed by atoms with van der Waals surface area (Å²) in [6.07, 6.45) is 0. The number of nitrogens with zero attached hydrogens (tertiary/aromatic N) is 1. The Morgan fingerprint density at radius 3 is 2.52 bits per heavy atom. The minimum Gasteiger partial charge on any atom is -0.379 e. The average Bonchev–Trinajstić information content (AvgIpc) is 2.71. The Morgan fingerprint density at radius 1 is 1.14 bits per heavy atom. The molecule has 0 radical (unpaired) electrons. The summed E-state index contributed by atoms with van der Waals surface area (Å²) in [7, 11) is -3.70. The van der Waals surface area contributed by atoms with Gasteiger partial charge in [-0.15, -0.1) is 0 Å². The number of halogens is 2. The van der Waals surface area contributed by atoms with Crippen LogP contribution in [0.5, 0.6) is 0 Å². The van der Waals surface area contributed by atoms with Crippen molar-refractivity contribution in [3.8, 4) is 0 Å². The van der Waals surface area contributed by atoms with Crippen LogP contribution in [-0.2, 0) is 26.1 Å². The molecular weight excluding hydrogens is 421 g/mol. The topological polar surface area (TPSA) is 87.7 Å². The molecule has 10 heteroatoms. The molecule has 2 aromatic rings. The number of ether oxygens (including phenoxy) is 1. The number of hydrogen-bond donors (Lipinski definition) is 2. The molecule has 0 aromatic heterocycles. The number of benzene rings is 2. The smallest absolute Gasteiger partial charge is 0.243 e. The largest absolute Gasteiger partial charge is 0.379 e. The summed E-state index contributed by atoms with van der Waals surface area (Å²) in [6.45, 7) is 1.60. The fraction of sp³-hybridized carbons (Fsp3) is 0.316. The number of hydrogen-bond acceptors (Lipinski definition) is 5. The number of amides is 1. The third-order valence-electron chi connectivity index (χ3n) is 4.35. The van der Waals surface area contributed by atoms with Gasteiger partial charge in [0, 0.05) is 19.6 Å². The fourth-order valence-corrected chi connectivity index (χ4v) is 4.41. The van der Waals surface area contributed by atoms with Crippen molar-refractivity contribution in [1.29, 1.82) is 0 Å². The maximum absolute atomic E-state index is 12.9. The maximum atomic E-state index is 12.9. The van der Waals surface area contributed by atoms with E-state index in [2.05, 4.69) is 10.6 Å². The number of morpholine rings is 1. The molecule has 0 spiro atoms. The lowest BCUT2D eigenvalue weighted by molar-refractivity contribution is -0.115. The molecular formula is C19H21ClFN3O4S. The molecule has 1 aliphatic heterocycles. The molecule has 2 N–H and O–H groups in total. The highest BCUT2D eigenvalue weighted by Gasteiger charge is 2.27. The monoisotopic (exact) mass is 441 g/mol. The molecule has 29 heavy (non-hydrogen) atoms. The lowest BCUT2D eigenvalue weighted by atomic mass is 10.2. The summed E-state index contributed by atoms with van der Waals surface area (Å²) < 4.78 is 45.0. The van der Waals surface area contributed by atoms with E-state index in [0.29, 0.717) is 19.8 Å². The van der Waals surface area contributed by atoms with Gasteiger partial charge in [-0.3, -0.25) is 4.79 Å². The van der Waals surface area contributed by atoms with Crippen LogP contribution in [0.25, 0.3) is 0 Å². The fourth-order valence-electron chi connectivity index (χ4n) is 2.81. The number of nitrogens with one attached hydrogen (secondary N) is 2. The quantitative estimate of drug-likeness (QED) is 0.688. The predicted octanol–water partition coefficient (Wildman–Crippen LogP) is 2.23. The van der Waals surface area contributed by atoms with Gasteiger partial charge < -0.3 is 15.4 Å². The van der Waals surface area contributed by atoms with Crippen LogP contribution in [0.4, 0.5) is 10.1 Å². The van der Waals surface area contributed by atoms with E-state index in [0.717, 1.165) is 5.56 Å². The standard InChI is InChI=1S/C19H21ClFN3O4S/c20-17-6-5-16(29(26,27)24-7-9-28-10-8-24)11-18(17)23-19(25)13-22-12-14-1-3-15(21)4-2-14/h1-6,11,22H,7-10,12-13H2,(H,23,25). The second-order valence-electron chi connectivity index (χ2n) is 6.44. The molecule has 1 heterocycles. The van der Waals surface area contributed by atoms with Gasteiger partial charge in [-0.2, -0.15) is 4.31 Å². The summed E-state index contributed by atoms with van der Waals surface area (Å²) >= 11 is 6.12. The van der Waals surface area contributed by atoms with Crippen molar-refractivity contribution in [1.82, 2.24) is 9.62 Å². The third-order valence-corrected chi connectivity index (χ3v) is 6.57. The van der Waals surface area contributed by atoms with Crippen molar-refractivity contribution in [2.75, 3.05) is 38.2 Å². The zero-order valence-electron chi connectivity index (χ0n) is 15.5. The third kappa shape index (κ3) is 5.74. The molecule has 0 unspecified atom stereocenters.